The van der Waals surface area contributed by atoms with Gasteiger partial charge in [0, 0.05) is 13.7 Å². The van der Waals surface area contributed by atoms with E-state index in [1.807, 2.05) is 13.8 Å². The fourth-order valence-corrected chi connectivity index (χ4v) is 0.800. The molecule has 5 nitrogen and oxygen atoms in total. The molecule has 0 fully saturated rings. The number of carbonyl (C=O) groups excluding carboxylic acids is 1. The maximum absolute atomic E-state index is 11.2. The van der Waals surface area contributed by atoms with Crippen molar-refractivity contribution in [2.75, 3.05) is 20.3 Å². The lowest BCUT2D eigenvalue weighted by atomic mass is 10.2. The number of rotatable bonds is 7. The first-order valence-electron chi connectivity index (χ1n) is 4.73. The van der Waals surface area contributed by atoms with Gasteiger partial charge in [-0.25, -0.2) is 5.48 Å². The van der Waals surface area contributed by atoms with Gasteiger partial charge in [0.2, 0.25) is 5.91 Å². The van der Waals surface area contributed by atoms with E-state index in [4.69, 9.17) is 15.3 Å². The van der Waals surface area contributed by atoms with Crippen molar-refractivity contribution in [1.82, 2.24) is 5.48 Å². The average molecular weight is 204 g/mol. The number of ether oxygens (including phenoxy) is 1. The van der Waals surface area contributed by atoms with Gasteiger partial charge < -0.3 is 10.5 Å². The summed E-state index contributed by atoms with van der Waals surface area (Å²) < 4.78 is 4.96. The van der Waals surface area contributed by atoms with Gasteiger partial charge in [-0.15, -0.1) is 0 Å². The number of carbonyl (C=O) groups is 1. The van der Waals surface area contributed by atoms with Gasteiger partial charge in [0.05, 0.1) is 19.1 Å². The number of nitrogens with two attached hydrogens (primary N) is 1. The molecule has 1 unspecified atom stereocenters. The highest BCUT2D eigenvalue weighted by molar-refractivity contribution is 5.75. The van der Waals surface area contributed by atoms with E-state index in [0.717, 1.165) is 0 Å². The zero-order valence-corrected chi connectivity index (χ0v) is 9.08. The van der Waals surface area contributed by atoms with Crippen LogP contribution in [0.3, 0.4) is 0 Å². The maximum Gasteiger partial charge on any atom is 0.246 e. The van der Waals surface area contributed by atoms with Gasteiger partial charge in [-0.3, -0.25) is 9.63 Å². The molecular weight excluding hydrogens is 184 g/mol. The Hall–Kier alpha value is -0.650. The maximum atomic E-state index is 11.2. The van der Waals surface area contributed by atoms with Crippen molar-refractivity contribution in [3.63, 3.8) is 0 Å². The molecule has 0 aromatic rings. The molecular formula is C9H20N2O3. The van der Waals surface area contributed by atoms with Crippen LogP contribution < -0.4 is 11.2 Å². The van der Waals surface area contributed by atoms with Crippen molar-refractivity contribution in [1.29, 1.82) is 0 Å². The summed E-state index contributed by atoms with van der Waals surface area (Å²) in [4.78, 5) is 16.1. The Morgan fingerprint density at radius 3 is 2.57 bits per heavy atom. The van der Waals surface area contributed by atoms with Crippen LogP contribution in [-0.2, 0) is 14.4 Å². The van der Waals surface area contributed by atoms with E-state index >= 15 is 0 Å². The van der Waals surface area contributed by atoms with Crippen LogP contribution in [0.4, 0.5) is 0 Å². The van der Waals surface area contributed by atoms with E-state index in [1.165, 1.54) is 7.11 Å². The first-order chi connectivity index (χ1) is 6.60. The summed E-state index contributed by atoms with van der Waals surface area (Å²) >= 11 is 0. The van der Waals surface area contributed by atoms with E-state index < -0.39 is 0 Å². The van der Waals surface area contributed by atoms with E-state index in [2.05, 4.69) is 5.48 Å². The topological polar surface area (TPSA) is 73.6 Å². The summed E-state index contributed by atoms with van der Waals surface area (Å²) in [5.41, 5.74) is 7.70. The molecule has 14 heavy (non-hydrogen) atoms. The van der Waals surface area contributed by atoms with Crippen molar-refractivity contribution >= 4 is 5.91 Å². The van der Waals surface area contributed by atoms with Gasteiger partial charge in [-0.2, -0.15) is 0 Å². The van der Waals surface area contributed by atoms with Crippen molar-refractivity contribution in [2.45, 2.75) is 26.4 Å². The van der Waals surface area contributed by atoms with E-state index in [-0.39, 0.29) is 18.4 Å². The molecule has 84 valence electrons. The van der Waals surface area contributed by atoms with Crippen molar-refractivity contribution in [2.24, 2.45) is 11.7 Å². The summed E-state index contributed by atoms with van der Waals surface area (Å²) in [5, 5.41) is 0. The molecule has 3 N–H and O–H groups in total. The molecule has 0 saturated heterocycles. The molecule has 0 rings (SSSR count). The lowest BCUT2D eigenvalue weighted by Crippen LogP contribution is -2.32. The first kappa shape index (κ1) is 13.4. The SMILES string of the molecule is COC(CN)CC(=O)NOCC(C)C. The first-order valence-corrected chi connectivity index (χ1v) is 4.73. The highest BCUT2D eigenvalue weighted by atomic mass is 16.7. The Morgan fingerprint density at radius 2 is 2.14 bits per heavy atom. The van der Waals surface area contributed by atoms with Crippen LogP contribution in [0.25, 0.3) is 0 Å². The standard InChI is InChI=1S/C9H20N2O3/c1-7(2)6-14-11-9(12)4-8(5-10)13-3/h7-8H,4-6,10H2,1-3H3,(H,11,12). The predicted octanol–water partition coefficient (Wildman–Crippen LogP) is 0.0540. The summed E-state index contributed by atoms with van der Waals surface area (Å²) in [7, 11) is 1.53. The Balaban J connectivity index is 3.54. The summed E-state index contributed by atoms with van der Waals surface area (Å²) in [6, 6.07) is 0. The third kappa shape index (κ3) is 6.82. The molecule has 0 aliphatic rings. The Kier molecular flexibility index (Phi) is 7.37. The lowest BCUT2D eigenvalue weighted by molar-refractivity contribution is -0.136. The van der Waals surface area contributed by atoms with Crippen LogP contribution in [0.15, 0.2) is 0 Å². The van der Waals surface area contributed by atoms with Crippen molar-refractivity contribution in [3.05, 3.63) is 0 Å². The van der Waals surface area contributed by atoms with Gasteiger partial charge in [0.25, 0.3) is 0 Å². The smallest absolute Gasteiger partial charge is 0.246 e. The lowest BCUT2D eigenvalue weighted by Gasteiger charge is -2.12. The molecule has 0 bridgehead atoms. The second-order valence-corrected chi connectivity index (χ2v) is 3.53. The average Bonchev–Trinajstić information content (AvgIpc) is 2.13. The van der Waals surface area contributed by atoms with Gasteiger partial charge in [-0.1, -0.05) is 13.8 Å². The highest BCUT2D eigenvalue weighted by Gasteiger charge is 2.11. The van der Waals surface area contributed by atoms with Crippen LogP contribution in [0.1, 0.15) is 20.3 Å². The number of hydroxylamine groups is 1. The Morgan fingerprint density at radius 1 is 1.50 bits per heavy atom. The Bertz CT molecular complexity index is 158. The minimum Gasteiger partial charge on any atom is -0.380 e. The predicted molar refractivity (Wildman–Crippen MR) is 53.4 cm³/mol. The highest BCUT2D eigenvalue weighted by Crippen LogP contribution is 1.95. The second kappa shape index (κ2) is 7.73. The van der Waals surface area contributed by atoms with Crippen LogP contribution in [0.5, 0.6) is 0 Å². The zero-order valence-electron chi connectivity index (χ0n) is 9.08. The normalized spacial score (nSPS) is 12.9. The molecule has 0 aromatic carbocycles. The summed E-state index contributed by atoms with van der Waals surface area (Å²) in [6.07, 6.45) is -0.0110. The van der Waals surface area contributed by atoms with E-state index in [0.29, 0.717) is 19.1 Å². The van der Waals surface area contributed by atoms with Gasteiger partial charge in [0.1, 0.15) is 0 Å². The van der Waals surface area contributed by atoms with Crippen LogP contribution in [0, 0.1) is 5.92 Å². The quantitative estimate of drug-likeness (QED) is 0.575. The molecule has 1 atom stereocenters. The van der Waals surface area contributed by atoms with E-state index in [1.54, 1.807) is 0 Å². The number of methoxy groups -OCH3 is 1. The monoisotopic (exact) mass is 204 g/mol. The molecule has 0 aromatic heterocycles. The fraction of sp³-hybridized carbons (Fsp3) is 0.889. The molecule has 1 amide bonds. The number of nitrogens with one attached hydrogen (secondary N) is 1. The molecule has 0 radical (unpaired) electrons. The van der Waals surface area contributed by atoms with Gasteiger partial charge in [-0.05, 0) is 5.92 Å². The number of hydrogen-bond acceptors (Lipinski definition) is 4. The third-order valence-electron chi connectivity index (χ3n) is 1.61. The minimum absolute atomic E-state index is 0.206. The third-order valence-corrected chi connectivity index (χ3v) is 1.61. The largest absolute Gasteiger partial charge is 0.380 e. The Labute approximate surface area is 84.9 Å². The fourth-order valence-electron chi connectivity index (χ4n) is 0.800. The summed E-state index contributed by atoms with van der Waals surface area (Å²) in [6.45, 7) is 4.84. The molecule has 0 aliphatic carbocycles. The van der Waals surface area contributed by atoms with Crippen LogP contribution >= 0.6 is 0 Å². The van der Waals surface area contributed by atoms with Crippen molar-refractivity contribution < 1.29 is 14.4 Å². The molecule has 0 saturated carbocycles. The number of hydrogen-bond donors (Lipinski definition) is 2. The summed E-state index contributed by atoms with van der Waals surface area (Å²) in [5.74, 6) is 0.186. The van der Waals surface area contributed by atoms with Crippen LogP contribution in [0.2, 0.25) is 0 Å². The van der Waals surface area contributed by atoms with E-state index in [9.17, 15) is 4.79 Å². The van der Waals surface area contributed by atoms with Crippen LogP contribution in [-0.4, -0.2) is 32.3 Å². The van der Waals surface area contributed by atoms with Crippen molar-refractivity contribution in [3.8, 4) is 0 Å². The molecule has 0 heterocycles. The zero-order chi connectivity index (χ0) is 11.0. The molecule has 0 aliphatic heterocycles. The van der Waals surface area contributed by atoms with Gasteiger partial charge in [0.15, 0.2) is 0 Å². The molecule has 0 spiro atoms. The number of amides is 1. The minimum atomic E-state index is -0.238. The molecule has 5 heteroatoms. The van der Waals surface area contributed by atoms with Gasteiger partial charge >= 0.3 is 0 Å². The second-order valence-electron chi connectivity index (χ2n) is 3.53.